The van der Waals surface area contributed by atoms with Crippen molar-refractivity contribution in [1.82, 2.24) is 5.32 Å². The Morgan fingerprint density at radius 3 is 2.63 bits per heavy atom. The SMILES string of the molecule is CC1CCCCC1CNC(=O)Cc1ccc(S)cc1. The van der Waals surface area contributed by atoms with Crippen LogP contribution >= 0.6 is 12.6 Å². The van der Waals surface area contributed by atoms with E-state index in [1.807, 2.05) is 24.3 Å². The van der Waals surface area contributed by atoms with Gasteiger partial charge in [-0.1, -0.05) is 38.3 Å². The molecule has 2 rings (SSSR count). The van der Waals surface area contributed by atoms with Crippen molar-refractivity contribution in [2.75, 3.05) is 6.54 Å². The van der Waals surface area contributed by atoms with Gasteiger partial charge in [-0.3, -0.25) is 4.79 Å². The topological polar surface area (TPSA) is 29.1 Å². The number of rotatable bonds is 4. The van der Waals surface area contributed by atoms with E-state index in [9.17, 15) is 4.79 Å². The van der Waals surface area contributed by atoms with Crippen LogP contribution in [0.1, 0.15) is 38.2 Å². The van der Waals surface area contributed by atoms with Crippen molar-refractivity contribution in [3.05, 3.63) is 29.8 Å². The number of thiol groups is 1. The second kappa shape index (κ2) is 6.99. The summed E-state index contributed by atoms with van der Waals surface area (Å²) >= 11 is 4.24. The molecule has 1 aliphatic rings. The summed E-state index contributed by atoms with van der Waals surface area (Å²) in [6, 6.07) is 7.78. The number of hydrogen-bond acceptors (Lipinski definition) is 2. The van der Waals surface area contributed by atoms with E-state index in [2.05, 4.69) is 24.9 Å². The van der Waals surface area contributed by atoms with Gasteiger partial charge in [-0.25, -0.2) is 0 Å². The van der Waals surface area contributed by atoms with Gasteiger partial charge < -0.3 is 5.32 Å². The van der Waals surface area contributed by atoms with Crippen LogP contribution < -0.4 is 5.32 Å². The molecule has 0 aromatic heterocycles. The largest absolute Gasteiger partial charge is 0.356 e. The monoisotopic (exact) mass is 277 g/mol. The molecule has 0 spiro atoms. The molecule has 0 saturated heterocycles. The molecule has 1 aliphatic carbocycles. The van der Waals surface area contributed by atoms with Crippen LogP contribution in [-0.4, -0.2) is 12.5 Å². The summed E-state index contributed by atoms with van der Waals surface area (Å²) in [5.74, 6) is 1.54. The van der Waals surface area contributed by atoms with Crippen molar-refractivity contribution < 1.29 is 4.79 Å². The quantitative estimate of drug-likeness (QED) is 0.811. The van der Waals surface area contributed by atoms with Gasteiger partial charge >= 0.3 is 0 Å². The minimum Gasteiger partial charge on any atom is -0.356 e. The zero-order chi connectivity index (χ0) is 13.7. The molecule has 3 heteroatoms. The highest BCUT2D eigenvalue weighted by Crippen LogP contribution is 2.28. The third-order valence-corrected chi connectivity index (χ3v) is 4.45. The number of benzene rings is 1. The molecule has 2 nitrogen and oxygen atoms in total. The number of nitrogens with one attached hydrogen (secondary N) is 1. The van der Waals surface area contributed by atoms with E-state index in [0.29, 0.717) is 12.3 Å². The molecule has 0 bridgehead atoms. The smallest absolute Gasteiger partial charge is 0.224 e. The van der Waals surface area contributed by atoms with Crippen molar-refractivity contribution >= 4 is 18.5 Å². The Hall–Kier alpha value is -0.960. The van der Waals surface area contributed by atoms with Gasteiger partial charge in [0.2, 0.25) is 5.91 Å². The van der Waals surface area contributed by atoms with Gasteiger partial charge in [-0.15, -0.1) is 12.6 Å². The number of amides is 1. The van der Waals surface area contributed by atoms with Gasteiger partial charge in [0.25, 0.3) is 0 Å². The fourth-order valence-electron chi connectivity index (χ4n) is 2.80. The molecule has 1 saturated carbocycles. The van der Waals surface area contributed by atoms with E-state index >= 15 is 0 Å². The second-order valence-corrected chi connectivity index (χ2v) is 6.19. The number of carbonyl (C=O) groups is 1. The summed E-state index contributed by atoms with van der Waals surface area (Å²) in [5.41, 5.74) is 1.05. The minimum absolute atomic E-state index is 0.129. The van der Waals surface area contributed by atoms with Crippen LogP contribution in [0.2, 0.25) is 0 Å². The van der Waals surface area contributed by atoms with Gasteiger partial charge in [0.05, 0.1) is 6.42 Å². The maximum absolute atomic E-state index is 11.9. The van der Waals surface area contributed by atoms with E-state index < -0.39 is 0 Å². The normalized spacial score (nSPS) is 23.1. The minimum atomic E-state index is 0.129. The summed E-state index contributed by atoms with van der Waals surface area (Å²) in [6.45, 7) is 3.14. The first-order valence-corrected chi connectivity index (χ1v) is 7.64. The fraction of sp³-hybridized carbons (Fsp3) is 0.562. The molecule has 2 atom stereocenters. The van der Waals surface area contributed by atoms with Gasteiger partial charge in [0.15, 0.2) is 0 Å². The maximum Gasteiger partial charge on any atom is 0.224 e. The molecule has 1 amide bonds. The van der Waals surface area contributed by atoms with Crippen molar-refractivity contribution in [1.29, 1.82) is 0 Å². The molecule has 19 heavy (non-hydrogen) atoms. The molecule has 1 aromatic carbocycles. The summed E-state index contributed by atoms with van der Waals surface area (Å²) < 4.78 is 0. The Kier molecular flexibility index (Phi) is 5.32. The molecular weight excluding hydrogens is 254 g/mol. The Morgan fingerprint density at radius 1 is 1.26 bits per heavy atom. The Morgan fingerprint density at radius 2 is 1.95 bits per heavy atom. The second-order valence-electron chi connectivity index (χ2n) is 5.67. The molecule has 1 aromatic rings. The highest BCUT2D eigenvalue weighted by Gasteiger charge is 2.21. The predicted molar refractivity (Wildman–Crippen MR) is 81.5 cm³/mol. The van der Waals surface area contributed by atoms with Crippen LogP contribution in [0, 0.1) is 11.8 Å². The lowest BCUT2D eigenvalue weighted by atomic mass is 9.80. The van der Waals surface area contributed by atoms with Crippen LogP contribution in [0.15, 0.2) is 29.2 Å². The van der Waals surface area contributed by atoms with Crippen LogP contribution in [0.5, 0.6) is 0 Å². The Balaban J connectivity index is 1.76. The zero-order valence-electron chi connectivity index (χ0n) is 11.6. The lowest BCUT2D eigenvalue weighted by Crippen LogP contribution is -2.34. The maximum atomic E-state index is 11.9. The standard InChI is InChI=1S/C16H23NOS/c1-12-4-2-3-5-14(12)11-17-16(18)10-13-6-8-15(19)9-7-13/h6-9,12,14,19H,2-5,10-11H2,1H3,(H,17,18). The lowest BCUT2D eigenvalue weighted by Gasteiger charge is -2.28. The van der Waals surface area contributed by atoms with E-state index in [1.54, 1.807) is 0 Å². The summed E-state index contributed by atoms with van der Waals surface area (Å²) in [6.07, 6.45) is 5.70. The van der Waals surface area contributed by atoms with E-state index in [0.717, 1.165) is 22.9 Å². The molecule has 104 valence electrons. The summed E-state index contributed by atoms with van der Waals surface area (Å²) in [5, 5.41) is 3.09. The van der Waals surface area contributed by atoms with Crippen molar-refractivity contribution in [2.24, 2.45) is 11.8 Å². The predicted octanol–water partition coefficient (Wildman–Crippen LogP) is 3.46. The molecule has 1 fully saturated rings. The Labute approximate surface area is 121 Å². The van der Waals surface area contributed by atoms with Gasteiger partial charge in [0.1, 0.15) is 0 Å². The van der Waals surface area contributed by atoms with Gasteiger partial charge in [-0.05, 0) is 36.0 Å². The molecule has 2 unspecified atom stereocenters. The van der Waals surface area contributed by atoms with Crippen molar-refractivity contribution in [3.8, 4) is 0 Å². The van der Waals surface area contributed by atoms with E-state index in [4.69, 9.17) is 0 Å². The first-order valence-electron chi connectivity index (χ1n) is 7.20. The summed E-state index contributed by atoms with van der Waals surface area (Å²) in [4.78, 5) is 12.8. The first kappa shape index (κ1) is 14.4. The average Bonchev–Trinajstić information content (AvgIpc) is 2.40. The molecule has 0 heterocycles. The van der Waals surface area contributed by atoms with Crippen LogP contribution in [0.25, 0.3) is 0 Å². The molecule has 0 radical (unpaired) electrons. The highest BCUT2D eigenvalue weighted by molar-refractivity contribution is 7.80. The van der Waals surface area contributed by atoms with Gasteiger partial charge in [-0.2, -0.15) is 0 Å². The molecule has 1 N–H and O–H groups in total. The van der Waals surface area contributed by atoms with E-state index in [-0.39, 0.29) is 5.91 Å². The zero-order valence-corrected chi connectivity index (χ0v) is 12.5. The van der Waals surface area contributed by atoms with Crippen molar-refractivity contribution in [3.63, 3.8) is 0 Å². The van der Waals surface area contributed by atoms with Crippen molar-refractivity contribution in [2.45, 2.75) is 43.9 Å². The third-order valence-electron chi connectivity index (χ3n) is 4.15. The molecule has 0 aliphatic heterocycles. The highest BCUT2D eigenvalue weighted by atomic mass is 32.1. The first-order chi connectivity index (χ1) is 9.15. The Bertz CT molecular complexity index is 415. The average molecular weight is 277 g/mol. The lowest BCUT2D eigenvalue weighted by molar-refractivity contribution is -0.120. The molecular formula is C16H23NOS. The van der Waals surface area contributed by atoms with Crippen LogP contribution in [0.4, 0.5) is 0 Å². The van der Waals surface area contributed by atoms with E-state index in [1.165, 1.54) is 25.7 Å². The number of hydrogen-bond donors (Lipinski definition) is 2. The third kappa shape index (κ3) is 4.57. The van der Waals surface area contributed by atoms with Gasteiger partial charge in [0, 0.05) is 11.4 Å². The van der Waals surface area contributed by atoms with Crippen LogP contribution in [-0.2, 0) is 11.2 Å². The van der Waals surface area contributed by atoms with Crippen LogP contribution in [0.3, 0.4) is 0 Å². The summed E-state index contributed by atoms with van der Waals surface area (Å²) in [7, 11) is 0. The fourth-order valence-corrected chi connectivity index (χ4v) is 2.95. The number of carbonyl (C=O) groups excluding carboxylic acids is 1.